The largest absolute Gasteiger partial charge is 0.360 e. The normalized spacial score (nSPS) is 16.6. The molecule has 0 atom stereocenters. The van der Waals surface area contributed by atoms with Crippen molar-refractivity contribution in [2.45, 2.75) is 30.9 Å². The number of rotatable bonds is 4. The molecule has 0 spiro atoms. The molecular formula is C16H21N3O4S2. The van der Waals surface area contributed by atoms with E-state index in [0.717, 1.165) is 0 Å². The molecule has 3 heterocycles. The molecule has 0 unspecified atom stereocenters. The molecule has 1 fully saturated rings. The van der Waals surface area contributed by atoms with E-state index < -0.39 is 10.0 Å². The first-order valence-corrected chi connectivity index (χ1v) is 10.4. The van der Waals surface area contributed by atoms with Crippen LogP contribution >= 0.6 is 11.3 Å². The first-order valence-electron chi connectivity index (χ1n) is 8.11. The summed E-state index contributed by atoms with van der Waals surface area (Å²) in [4.78, 5) is 14.5. The van der Waals surface area contributed by atoms with Gasteiger partial charge >= 0.3 is 0 Å². The summed E-state index contributed by atoms with van der Waals surface area (Å²) in [7, 11) is -3.47. The number of carbonyl (C=O) groups excluding carboxylic acids is 1. The zero-order valence-electron chi connectivity index (χ0n) is 14.4. The van der Waals surface area contributed by atoms with Gasteiger partial charge in [0.1, 0.15) is 9.77 Å². The highest BCUT2D eigenvalue weighted by Gasteiger charge is 2.33. The van der Waals surface area contributed by atoms with E-state index in [9.17, 15) is 13.2 Å². The lowest BCUT2D eigenvalue weighted by atomic mass is 10.0. The van der Waals surface area contributed by atoms with Gasteiger partial charge in [0.15, 0.2) is 5.76 Å². The Hall–Kier alpha value is -1.71. The number of aromatic nitrogens is 1. The smallest absolute Gasteiger partial charge is 0.259 e. The summed E-state index contributed by atoms with van der Waals surface area (Å²) in [5.41, 5.74) is 1.08. The van der Waals surface area contributed by atoms with Crippen molar-refractivity contribution in [3.63, 3.8) is 0 Å². The first kappa shape index (κ1) is 18.1. The molecule has 2 aromatic rings. The van der Waals surface area contributed by atoms with Crippen molar-refractivity contribution in [3.8, 4) is 0 Å². The highest BCUT2D eigenvalue weighted by molar-refractivity contribution is 7.91. The lowest BCUT2D eigenvalue weighted by Gasteiger charge is -2.33. The molecule has 9 heteroatoms. The zero-order valence-corrected chi connectivity index (χ0v) is 16.1. The van der Waals surface area contributed by atoms with E-state index in [1.165, 1.54) is 15.6 Å². The Morgan fingerprint density at radius 3 is 2.52 bits per heavy atom. The molecule has 2 aromatic heterocycles. The Morgan fingerprint density at radius 1 is 1.28 bits per heavy atom. The van der Waals surface area contributed by atoms with Gasteiger partial charge < -0.3 is 9.42 Å². The number of nitrogens with zero attached hydrogens (tertiary/aromatic N) is 3. The average Bonchev–Trinajstić information content (AvgIpc) is 3.24. The van der Waals surface area contributed by atoms with Crippen LogP contribution in [0, 0.1) is 6.92 Å². The van der Waals surface area contributed by atoms with Crippen LogP contribution in [0.1, 0.15) is 41.6 Å². The van der Waals surface area contributed by atoms with Crippen LogP contribution in [-0.4, -0.2) is 54.9 Å². The van der Waals surface area contributed by atoms with Crippen molar-refractivity contribution in [2.75, 3.05) is 26.2 Å². The third-order valence-electron chi connectivity index (χ3n) is 4.24. The quantitative estimate of drug-likeness (QED) is 0.809. The summed E-state index contributed by atoms with van der Waals surface area (Å²) in [6, 6.07) is 3.33. The van der Waals surface area contributed by atoms with E-state index in [4.69, 9.17) is 4.52 Å². The maximum atomic E-state index is 12.9. The monoisotopic (exact) mass is 383 g/mol. The number of thiophene rings is 1. The number of carbonyl (C=O) groups is 1. The Bertz CT molecular complexity index is 848. The molecule has 0 saturated carbocycles. The molecule has 0 N–H and O–H groups in total. The second-order valence-electron chi connectivity index (χ2n) is 6.29. The van der Waals surface area contributed by atoms with Gasteiger partial charge in [0, 0.05) is 32.1 Å². The van der Waals surface area contributed by atoms with Crippen LogP contribution in [0.3, 0.4) is 0 Å². The fourth-order valence-electron chi connectivity index (χ4n) is 2.87. The van der Waals surface area contributed by atoms with Crippen molar-refractivity contribution < 1.29 is 17.7 Å². The third kappa shape index (κ3) is 3.36. The summed E-state index contributed by atoms with van der Waals surface area (Å²) in [5, 5.41) is 5.66. The van der Waals surface area contributed by atoms with Gasteiger partial charge in [-0.25, -0.2) is 8.42 Å². The summed E-state index contributed by atoms with van der Waals surface area (Å²) in [6.45, 7) is 6.92. The van der Waals surface area contributed by atoms with Crippen molar-refractivity contribution in [2.24, 2.45) is 0 Å². The molecular weight excluding hydrogens is 362 g/mol. The number of amides is 1. The zero-order chi connectivity index (χ0) is 18.2. The van der Waals surface area contributed by atoms with Gasteiger partial charge in [-0.2, -0.15) is 4.31 Å². The lowest BCUT2D eigenvalue weighted by Crippen LogP contribution is -2.50. The molecule has 1 amide bonds. The minimum atomic E-state index is -3.47. The van der Waals surface area contributed by atoms with E-state index in [0.29, 0.717) is 34.3 Å². The Balaban J connectivity index is 1.73. The van der Waals surface area contributed by atoms with Crippen LogP contribution in [0.2, 0.25) is 0 Å². The number of piperazine rings is 1. The van der Waals surface area contributed by atoms with Crippen LogP contribution < -0.4 is 0 Å². The average molecular weight is 383 g/mol. The van der Waals surface area contributed by atoms with E-state index >= 15 is 0 Å². The summed E-state index contributed by atoms with van der Waals surface area (Å²) in [6.07, 6.45) is 0. The molecule has 1 aliphatic rings. The molecule has 0 bridgehead atoms. The summed E-state index contributed by atoms with van der Waals surface area (Å²) >= 11 is 1.20. The van der Waals surface area contributed by atoms with Crippen LogP contribution in [-0.2, 0) is 10.0 Å². The standard InChI is InChI=1S/C16H21N3O4S2/c1-11(2)15-14(12(3)17-23-15)16(20)18-6-8-19(9-7-18)25(21,22)13-5-4-10-24-13/h4-5,10-11H,6-9H2,1-3H3. The Morgan fingerprint density at radius 2 is 1.96 bits per heavy atom. The number of aryl methyl sites for hydroxylation is 1. The van der Waals surface area contributed by atoms with Crippen LogP contribution in [0.25, 0.3) is 0 Å². The maximum absolute atomic E-state index is 12.9. The van der Waals surface area contributed by atoms with E-state index in [1.807, 2.05) is 13.8 Å². The van der Waals surface area contributed by atoms with Gasteiger partial charge in [0.2, 0.25) is 0 Å². The molecule has 1 aliphatic heterocycles. The molecule has 136 valence electrons. The Labute approximate surface area is 151 Å². The highest BCUT2D eigenvalue weighted by atomic mass is 32.2. The molecule has 1 saturated heterocycles. The minimum Gasteiger partial charge on any atom is -0.360 e. The minimum absolute atomic E-state index is 0.0562. The maximum Gasteiger partial charge on any atom is 0.259 e. The Kier molecular flexibility index (Phi) is 4.99. The van der Waals surface area contributed by atoms with Crippen molar-refractivity contribution >= 4 is 27.3 Å². The molecule has 7 nitrogen and oxygen atoms in total. The van der Waals surface area contributed by atoms with Gasteiger partial charge in [-0.3, -0.25) is 4.79 Å². The van der Waals surface area contributed by atoms with Gasteiger partial charge in [-0.1, -0.05) is 25.1 Å². The molecule has 25 heavy (non-hydrogen) atoms. The number of hydrogen-bond donors (Lipinski definition) is 0. The van der Waals surface area contributed by atoms with E-state index in [-0.39, 0.29) is 24.9 Å². The van der Waals surface area contributed by atoms with Crippen molar-refractivity contribution in [1.29, 1.82) is 0 Å². The SMILES string of the molecule is Cc1noc(C(C)C)c1C(=O)N1CCN(S(=O)(=O)c2cccs2)CC1. The molecule has 0 radical (unpaired) electrons. The predicted molar refractivity (Wildman–Crippen MR) is 94.3 cm³/mol. The topological polar surface area (TPSA) is 83.7 Å². The number of hydrogen-bond acceptors (Lipinski definition) is 6. The van der Waals surface area contributed by atoms with Crippen LogP contribution in [0.4, 0.5) is 0 Å². The molecule has 0 aromatic carbocycles. The third-order valence-corrected chi connectivity index (χ3v) is 7.51. The predicted octanol–water partition coefficient (Wildman–Crippen LogP) is 2.31. The van der Waals surface area contributed by atoms with Crippen LogP contribution in [0.5, 0.6) is 0 Å². The fourth-order valence-corrected chi connectivity index (χ4v) is 5.44. The summed E-state index contributed by atoms with van der Waals surface area (Å²) < 4.78 is 32.2. The molecule has 3 rings (SSSR count). The van der Waals surface area contributed by atoms with Gasteiger partial charge in [0.25, 0.3) is 15.9 Å². The highest BCUT2D eigenvalue weighted by Crippen LogP contribution is 2.26. The second-order valence-corrected chi connectivity index (χ2v) is 9.40. The van der Waals surface area contributed by atoms with Gasteiger partial charge in [-0.05, 0) is 18.4 Å². The van der Waals surface area contributed by atoms with E-state index in [2.05, 4.69) is 5.16 Å². The van der Waals surface area contributed by atoms with Crippen LogP contribution in [0.15, 0.2) is 26.2 Å². The van der Waals surface area contributed by atoms with Crippen molar-refractivity contribution in [1.82, 2.24) is 14.4 Å². The molecule has 0 aliphatic carbocycles. The summed E-state index contributed by atoms with van der Waals surface area (Å²) in [5.74, 6) is 0.493. The first-order chi connectivity index (χ1) is 11.8. The van der Waals surface area contributed by atoms with Gasteiger partial charge in [0.05, 0.1) is 5.69 Å². The van der Waals surface area contributed by atoms with E-state index in [1.54, 1.807) is 29.3 Å². The number of sulfonamides is 1. The van der Waals surface area contributed by atoms with Gasteiger partial charge in [-0.15, -0.1) is 11.3 Å². The lowest BCUT2D eigenvalue weighted by molar-refractivity contribution is 0.0694. The second kappa shape index (κ2) is 6.89. The fraction of sp³-hybridized carbons (Fsp3) is 0.500. The van der Waals surface area contributed by atoms with Crippen molar-refractivity contribution in [3.05, 3.63) is 34.5 Å².